The number of nitrogens with zero attached hydrogens (tertiary/aromatic N) is 3. The zero-order chi connectivity index (χ0) is 18.4. The van der Waals surface area contributed by atoms with Crippen LogP contribution in [0.4, 0.5) is 5.82 Å². The molecule has 0 unspecified atom stereocenters. The molecule has 5 rings (SSSR count). The predicted octanol–water partition coefficient (Wildman–Crippen LogP) is 4.42. The fraction of sp³-hybridized carbons (Fsp3) is 0.200. The van der Waals surface area contributed by atoms with Crippen LogP contribution in [0.3, 0.4) is 0 Å². The van der Waals surface area contributed by atoms with Gasteiger partial charge in [-0.25, -0.2) is 4.98 Å². The number of hydrogen-bond acceptors (Lipinski definition) is 6. The molecule has 0 radical (unpaired) electrons. The molecule has 0 amide bonds. The van der Waals surface area contributed by atoms with Crippen LogP contribution in [0.5, 0.6) is 11.5 Å². The van der Waals surface area contributed by atoms with E-state index >= 15 is 0 Å². The molecule has 27 heavy (non-hydrogen) atoms. The molecule has 4 heterocycles. The van der Waals surface area contributed by atoms with Crippen molar-refractivity contribution in [2.24, 2.45) is 0 Å². The normalized spacial score (nSPS) is 12.7. The maximum atomic E-state index is 5.47. The molecule has 0 fully saturated rings. The number of benzene rings is 1. The molecule has 0 spiro atoms. The molecule has 0 bridgehead atoms. The molecule has 0 aliphatic carbocycles. The molecule has 1 N–H and O–H groups in total. The molecule has 1 aromatic carbocycles. The predicted molar refractivity (Wildman–Crippen MR) is 106 cm³/mol. The summed E-state index contributed by atoms with van der Waals surface area (Å²) in [7, 11) is 0. The van der Waals surface area contributed by atoms with Gasteiger partial charge in [0, 0.05) is 23.9 Å². The van der Waals surface area contributed by atoms with Crippen molar-refractivity contribution in [3.05, 3.63) is 58.6 Å². The lowest BCUT2D eigenvalue weighted by Crippen LogP contribution is -2.09. The standard InChI is InChI=1S/C20H18N4O2S/c1-12-13(2)22-19-9-15(18-4-3-7-27-18)23-24(19)20(12)21-10-14-5-6-16-17(8-14)26-11-25-16/h3-9,21H,10-11H2,1-2H3. The first-order valence-electron chi connectivity index (χ1n) is 8.72. The van der Waals surface area contributed by atoms with Crippen LogP contribution in [0.15, 0.2) is 41.8 Å². The Bertz CT molecular complexity index is 1130. The van der Waals surface area contributed by atoms with E-state index < -0.39 is 0 Å². The van der Waals surface area contributed by atoms with E-state index in [0.29, 0.717) is 6.54 Å². The topological polar surface area (TPSA) is 60.7 Å². The minimum absolute atomic E-state index is 0.286. The number of aryl methyl sites for hydroxylation is 1. The SMILES string of the molecule is Cc1nc2cc(-c3cccs3)nn2c(NCc2ccc3c(c2)OCO3)c1C. The van der Waals surface area contributed by atoms with E-state index in [4.69, 9.17) is 19.6 Å². The van der Waals surface area contributed by atoms with Gasteiger partial charge in [0.15, 0.2) is 17.1 Å². The molecule has 0 saturated heterocycles. The monoisotopic (exact) mass is 378 g/mol. The minimum Gasteiger partial charge on any atom is -0.454 e. The first-order chi connectivity index (χ1) is 13.2. The van der Waals surface area contributed by atoms with Crippen LogP contribution in [0, 0.1) is 13.8 Å². The van der Waals surface area contributed by atoms with Crippen LogP contribution in [0.25, 0.3) is 16.2 Å². The molecule has 136 valence electrons. The third-order valence-corrected chi connectivity index (χ3v) is 5.65. The summed E-state index contributed by atoms with van der Waals surface area (Å²) in [6.45, 7) is 5.04. The van der Waals surface area contributed by atoms with Crippen molar-refractivity contribution < 1.29 is 9.47 Å². The molecule has 0 atom stereocenters. The highest BCUT2D eigenvalue weighted by molar-refractivity contribution is 7.13. The summed E-state index contributed by atoms with van der Waals surface area (Å²) in [5.74, 6) is 2.55. The molecular formula is C20H18N4O2S. The quantitative estimate of drug-likeness (QED) is 0.570. The fourth-order valence-corrected chi connectivity index (χ4v) is 3.87. The third-order valence-electron chi connectivity index (χ3n) is 4.75. The second-order valence-electron chi connectivity index (χ2n) is 6.49. The van der Waals surface area contributed by atoms with Crippen molar-refractivity contribution in [1.29, 1.82) is 0 Å². The van der Waals surface area contributed by atoms with Gasteiger partial charge in [0.05, 0.1) is 4.88 Å². The molecule has 1 aliphatic heterocycles. The lowest BCUT2D eigenvalue weighted by atomic mass is 10.2. The maximum absolute atomic E-state index is 5.47. The number of anilines is 1. The van der Waals surface area contributed by atoms with Gasteiger partial charge in [0.1, 0.15) is 11.5 Å². The molecule has 0 saturated carbocycles. The van der Waals surface area contributed by atoms with Crippen molar-refractivity contribution in [2.75, 3.05) is 12.1 Å². The van der Waals surface area contributed by atoms with Crippen molar-refractivity contribution in [3.63, 3.8) is 0 Å². The van der Waals surface area contributed by atoms with Gasteiger partial charge in [-0.3, -0.25) is 0 Å². The summed E-state index contributed by atoms with van der Waals surface area (Å²) in [6.07, 6.45) is 0. The highest BCUT2D eigenvalue weighted by Gasteiger charge is 2.16. The summed E-state index contributed by atoms with van der Waals surface area (Å²) < 4.78 is 12.7. The Morgan fingerprint density at radius 1 is 1.15 bits per heavy atom. The Hall–Kier alpha value is -3.06. The Morgan fingerprint density at radius 3 is 2.89 bits per heavy atom. The number of rotatable bonds is 4. The summed E-state index contributed by atoms with van der Waals surface area (Å²) >= 11 is 1.68. The van der Waals surface area contributed by atoms with Gasteiger partial charge >= 0.3 is 0 Å². The number of nitrogens with one attached hydrogen (secondary N) is 1. The van der Waals surface area contributed by atoms with Crippen LogP contribution in [0.2, 0.25) is 0 Å². The van der Waals surface area contributed by atoms with E-state index in [1.807, 2.05) is 41.8 Å². The van der Waals surface area contributed by atoms with Gasteiger partial charge in [0.25, 0.3) is 0 Å². The van der Waals surface area contributed by atoms with Crippen LogP contribution in [-0.2, 0) is 6.54 Å². The number of thiophene rings is 1. The van der Waals surface area contributed by atoms with E-state index in [0.717, 1.165) is 50.4 Å². The molecular weight excluding hydrogens is 360 g/mol. The van der Waals surface area contributed by atoms with Crippen LogP contribution < -0.4 is 14.8 Å². The van der Waals surface area contributed by atoms with Crippen LogP contribution in [0.1, 0.15) is 16.8 Å². The van der Waals surface area contributed by atoms with Crippen molar-refractivity contribution >= 4 is 22.8 Å². The smallest absolute Gasteiger partial charge is 0.231 e. The average molecular weight is 378 g/mol. The highest BCUT2D eigenvalue weighted by atomic mass is 32.1. The zero-order valence-corrected chi connectivity index (χ0v) is 15.8. The van der Waals surface area contributed by atoms with E-state index in [2.05, 4.69) is 23.7 Å². The number of fused-ring (bicyclic) bond motifs is 2. The van der Waals surface area contributed by atoms with Gasteiger partial charge < -0.3 is 14.8 Å². The number of hydrogen-bond donors (Lipinski definition) is 1. The van der Waals surface area contributed by atoms with E-state index in [9.17, 15) is 0 Å². The second-order valence-corrected chi connectivity index (χ2v) is 7.44. The molecule has 1 aliphatic rings. The van der Waals surface area contributed by atoms with Gasteiger partial charge in [-0.1, -0.05) is 12.1 Å². The fourth-order valence-electron chi connectivity index (χ4n) is 3.19. The third kappa shape index (κ3) is 2.80. The van der Waals surface area contributed by atoms with E-state index in [1.54, 1.807) is 11.3 Å². The average Bonchev–Trinajstić information content (AvgIpc) is 3.41. The van der Waals surface area contributed by atoms with E-state index in [1.165, 1.54) is 0 Å². The number of aromatic nitrogens is 3. The summed E-state index contributed by atoms with van der Waals surface area (Å²) in [5, 5.41) is 10.4. The van der Waals surface area contributed by atoms with E-state index in [-0.39, 0.29) is 6.79 Å². The zero-order valence-electron chi connectivity index (χ0n) is 15.0. The van der Waals surface area contributed by atoms with Gasteiger partial charge in [-0.2, -0.15) is 9.61 Å². The molecule has 4 aromatic rings. The first kappa shape index (κ1) is 16.1. The largest absolute Gasteiger partial charge is 0.454 e. The van der Waals surface area contributed by atoms with Crippen molar-refractivity contribution in [2.45, 2.75) is 20.4 Å². The summed E-state index contributed by atoms with van der Waals surface area (Å²) in [6, 6.07) is 12.1. The molecule has 6 nitrogen and oxygen atoms in total. The van der Waals surface area contributed by atoms with Gasteiger partial charge in [0.2, 0.25) is 6.79 Å². The maximum Gasteiger partial charge on any atom is 0.231 e. The molecule has 3 aromatic heterocycles. The van der Waals surface area contributed by atoms with Gasteiger partial charge in [-0.05, 0) is 43.0 Å². The lowest BCUT2D eigenvalue weighted by Gasteiger charge is -2.13. The number of ether oxygens (including phenoxy) is 2. The van der Waals surface area contributed by atoms with Crippen LogP contribution >= 0.6 is 11.3 Å². The minimum atomic E-state index is 0.286. The Morgan fingerprint density at radius 2 is 2.04 bits per heavy atom. The van der Waals surface area contributed by atoms with Crippen LogP contribution in [-0.4, -0.2) is 21.4 Å². The highest BCUT2D eigenvalue weighted by Crippen LogP contribution is 2.33. The summed E-state index contributed by atoms with van der Waals surface area (Å²) in [5.41, 5.74) is 4.98. The van der Waals surface area contributed by atoms with Crippen molar-refractivity contribution in [1.82, 2.24) is 14.6 Å². The lowest BCUT2D eigenvalue weighted by molar-refractivity contribution is 0.174. The summed E-state index contributed by atoms with van der Waals surface area (Å²) in [4.78, 5) is 5.83. The Kier molecular flexibility index (Phi) is 3.75. The first-order valence-corrected chi connectivity index (χ1v) is 9.60. The Labute approximate surface area is 160 Å². The van der Waals surface area contributed by atoms with Crippen molar-refractivity contribution in [3.8, 4) is 22.1 Å². The van der Waals surface area contributed by atoms with Gasteiger partial charge in [-0.15, -0.1) is 11.3 Å². The Balaban J connectivity index is 1.50. The molecule has 7 heteroatoms. The second kappa shape index (κ2) is 6.28.